The van der Waals surface area contributed by atoms with Crippen LogP contribution in [0, 0.1) is 5.41 Å². The van der Waals surface area contributed by atoms with E-state index >= 15 is 0 Å². The number of carbonyl (C=O) groups is 3. The van der Waals surface area contributed by atoms with Gasteiger partial charge in [0.15, 0.2) is 5.60 Å². The monoisotopic (exact) mass is 501 g/mol. The lowest BCUT2D eigenvalue weighted by molar-refractivity contribution is -0.210. The Morgan fingerprint density at radius 1 is 1.09 bits per heavy atom. The van der Waals surface area contributed by atoms with Gasteiger partial charge in [0.05, 0.1) is 18.8 Å². The van der Waals surface area contributed by atoms with E-state index in [-0.39, 0.29) is 37.5 Å². The first kappa shape index (κ1) is 29.5. The van der Waals surface area contributed by atoms with E-state index in [1.807, 2.05) is 6.07 Å². The average molecular weight is 502 g/mol. The smallest absolute Gasteiger partial charge is 0.341 e. The van der Waals surface area contributed by atoms with E-state index in [1.165, 1.54) is 27.7 Å². The van der Waals surface area contributed by atoms with E-state index in [2.05, 4.69) is 5.32 Å². The third-order valence-electron chi connectivity index (χ3n) is 5.29. The number of nitrogens with one attached hydrogen (secondary N) is 1. The van der Waals surface area contributed by atoms with Crippen molar-refractivity contribution in [1.29, 1.82) is 0 Å². The van der Waals surface area contributed by atoms with Crippen LogP contribution in [0.15, 0.2) is 30.3 Å². The first-order valence-corrected chi connectivity index (χ1v) is 12.6. The van der Waals surface area contributed by atoms with E-state index in [1.54, 1.807) is 31.2 Å². The molecule has 0 aromatic heterocycles. The van der Waals surface area contributed by atoms with Crippen molar-refractivity contribution in [1.82, 2.24) is 5.32 Å². The fourth-order valence-corrected chi connectivity index (χ4v) is 3.69. The van der Waals surface area contributed by atoms with Crippen LogP contribution in [-0.4, -0.2) is 62.2 Å². The molecule has 10 nitrogen and oxygen atoms in total. The molecular formula is C23H35NO9S. The highest BCUT2D eigenvalue weighted by Crippen LogP contribution is 2.33. The Kier molecular flexibility index (Phi) is 11.1. The van der Waals surface area contributed by atoms with E-state index in [4.69, 9.17) is 13.7 Å². The quantitative estimate of drug-likeness (QED) is 0.168. The number of hydrogen-bond acceptors (Lipinski definition) is 9. The van der Waals surface area contributed by atoms with Crippen LogP contribution >= 0.6 is 0 Å². The number of amides is 1. The zero-order chi connectivity index (χ0) is 26.0. The summed E-state index contributed by atoms with van der Waals surface area (Å²) in [5, 5.41) is 13.3. The Morgan fingerprint density at radius 2 is 1.71 bits per heavy atom. The maximum atomic E-state index is 12.7. The summed E-state index contributed by atoms with van der Waals surface area (Å²) in [6.07, 6.45) is -0.927. The highest BCUT2D eigenvalue weighted by atomic mass is 32.2. The Labute approximate surface area is 201 Å². The molecule has 0 spiro atoms. The Balaban J connectivity index is 2.67. The van der Waals surface area contributed by atoms with E-state index < -0.39 is 46.0 Å². The van der Waals surface area contributed by atoms with Gasteiger partial charge in [-0.2, -0.15) is 8.42 Å². The van der Waals surface area contributed by atoms with Crippen molar-refractivity contribution < 1.29 is 41.6 Å². The van der Waals surface area contributed by atoms with Gasteiger partial charge in [-0.3, -0.25) is 13.8 Å². The van der Waals surface area contributed by atoms with Crippen LogP contribution in [0.5, 0.6) is 0 Å². The second-order valence-corrected chi connectivity index (χ2v) is 10.5. The Bertz CT molecular complexity index is 927. The molecule has 0 saturated carbocycles. The molecule has 0 heterocycles. The highest BCUT2D eigenvalue weighted by molar-refractivity contribution is 7.86. The first-order valence-electron chi connectivity index (χ1n) is 11.0. The minimum absolute atomic E-state index is 0.00951. The normalized spacial score (nSPS) is 14.5. The summed E-state index contributed by atoms with van der Waals surface area (Å²) in [5.41, 5.74) is -2.80. The lowest BCUT2D eigenvalue weighted by Crippen LogP contribution is -2.53. The van der Waals surface area contributed by atoms with Crippen LogP contribution in [0.4, 0.5) is 0 Å². The number of ether oxygens (including phenoxy) is 2. The molecule has 34 heavy (non-hydrogen) atoms. The fraction of sp³-hybridized carbons (Fsp3) is 0.609. The van der Waals surface area contributed by atoms with Crippen LogP contribution in [-0.2, 0) is 44.6 Å². The molecule has 2 atom stereocenters. The summed E-state index contributed by atoms with van der Waals surface area (Å²) in [7, 11) is -3.96. The number of rotatable bonds is 14. The van der Waals surface area contributed by atoms with Gasteiger partial charge in [-0.1, -0.05) is 51.1 Å². The predicted molar refractivity (Wildman–Crippen MR) is 124 cm³/mol. The molecule has 1 amide bonds. The van der Waals surface area contributed by atoms with Crippen molar-refractivity contribution in [2.75, 3.05) is 18.9 Å². The number of benzene rings is 1. The van der Waals surface area contributed by atoms with Gasteiger partial charge in [0.25, 0.3) is 10.1 Å². The first-order chi connectivity index (χ1) is 15.7. The Morgan fingerprint density at radius 3 is 2.26 bits per heavy atom. The summed E-state index contributed by atoms with van der Waals surface area (Å²) in [6, 6.07) is 8.90. The molecule has 0 aliphatic carbocycles. The van der Waals surface area contributed by atoms with Crippen molar-refractivity contribution in [2.45, 2.75) is 65.8 Å². The molecular weight excluding hydrogens is 466 g/mol. The molecule has 0 radical (unpaired) electrons. The fourth-order valence-electron chi connectivity index (χ4n) is 2.60. The minimum Gasteiger partial charge on any atom is -0.425 e. The maximum Gasteiger partial charge on any atom is 0.341 e. The zero-order valence-electron chi connectivity index (χ0n) is 20.3. The topological polar surface area (TPSA) is 145 Å². The van der Waals surface area contributed by atoms with E-state index in [0.29, 0.717) is 0 Å². The molecule has 1 aromatic rings. The predicted octanol–water partition coefficient (Wildman–Crippen LogP) is 1.70. The van der Waals surface area contributed by atoms with Crippen LogP contribution in [0.3, 0.4) is 0 Å². The molecule has 0 bridgehead atoms. The Hall–Kier alpha value is -2.50. The molecule has 0 aliphatic rings. The number of carbonyl (C=O) groups excluding carboxylic acids is 3. The molecule has 0 fully saturated rings. The minimum atomic E-state index is -3.96. The molecule has 0 aliphatic heterocycles. The van der Waals surface area contributed by atoms with Crippen LogP contribution < -0.4 is 5.32 Å². The van der Waals surface area contributed by atoms with Crippen molar-refractivity contribution in [3.05, 3.63) is 35.9 Å². The van der Waals surface area contributed by atoms with Crippen LogP contribution in [0.1, 0.15) is 53.0 Å². The van der Waals surface area contributed by atoms with E-state index in [0.717, 1.165) is 5.56 Å². The molecule has 11 heteroatoms. The third kappa shape index (κ3) is 9.78. The van der Waals surface area contributed by atoms with Crippen LogP contribution in [0.2, 0.25) is 0 Å². The highest BCUT2D eigenvalue weighted by Gasteiger charge is 2.49. The summed E-state index contributed by atoms with van der Waals surface area (Å²) in [5.74, 6) is -2.29. The van der Waals surface area contributed by atoms with Gasteiger partial charge < -0.3 is 19.9 Å². The largest absolute Gasteiger partial charge is 0.425 e. The maximum absolute atomic E-state index is 12.7. The molecule has 192 valence electrons. The van der Waals surface area contributed by atoms with Gasteiger partial charge in [-0.25, -0.2) is 4.79 Å². The van der Waals surface area contributed by atoms with Gasteiger partial charge in [0.2, 0.25) is 12.2 Å². The second-order valence-electron chi connectivity index (χ2n) is 8.71. The van der Waals surface area contributed by atoms with Crippen LogP contribution in [0.25, 0.3) is 0 Å². The second kappa shape index (κ2) is 12.8. The van der Waals surface area contributed by atoms with Gasteiger partial charge in [-0.05, 0) is 18.9 Å². The zero-order valence-corrected chi connectivity index (χ0v) is 21.1. The van der Waals surface area contributed by atoms with Gasteiger partial charge in [0.1, 0.15) is 0 Å². The average Bonchev–Trinajstić information content (AvgIpc) is 2.75. The molecule has 1 aromatic carbocycles. The summed E-state index contributed by atoms with van der Waals surface area (Å²) in [6.45, 7) is 6.72. The van der Waals surface area contributed by atoms with Crippen molar-refractivity contribution in [3.8, 4) is 0 Å². The number of aliphatic hydroxyl groups is 1. The van der Waals surface area contributed by atoms with Gasteiger partial charge >= 0.3 is 11.9 Å². The van der Waals surface area contributed by atoms with Gasteiger partial charge in [-0.15, -0.1) is 0 Å². The van der Waals surface area contributed by atoms with Crippen molar-refractivity contribution in [3.63, 3.8) is 0 Å². The van der Waals surface area contributed by atoms with Crippen molar-refractivity contribution in [2.24, 2.45) is 5.41 Å². The van der Waals surface area contributed by atoms with Gasteiger partial charge in [0, 0.05) is 25.3 Å². The standard InChI is InChI=1S/C23H35NO9S/c1-6-20(32-19(26)15-18-11-8-7-9-12-18)33-21(27)23(5,28)22(3,4)16-31-34(29,30)14-10-13-24-17(2)25/h7-9,11-12,20,28H,6,10,13-16H2,1-5H3,(H,24,25)/t20?,23-/m0/s1. The lowest BCUT2D eigenvalue weighted by Gasteiger charge is -2.37. The SMILES string of the molecule is CCC(OC(=O)Cc1ccccc1)OC(=O)[C@](C)(O)C(C)(C)COS(=O)(=O)CCCNC(C)=O. The molecule has 1 rings (SSSR count). The number of hydrogen-bond donors (Lipinski definition) is 2. The van der Waals surface area contributed by atoms with E-state index in [9.17, 15) is 27.9 Å². The summed E-state index contributed by atoms with van der Waals surface area (Å²) in [4.78, 5) is 35.7. The molecule has 0 saturated heterocycles. The summed E-state index contributed by atoms with van der Waals surface area (Å²) >= 11 is 0. The molecule has 2 N–H and O–H groups in total. The molecule has 1 unspecified atom stereocenters. The lowest BCUT2D eigenvalue weighted by atomic mass is 9.76. The van der Waals surface area contributed by atoms with Crippen molar-refractivity contribution >= 4 is 28.0 Å². The number of esters is 2. The summed E-state index contributed by atoms with van der Waals surface area (Å²) < 4.78 is 39.7. The third-order valence-corrected chi connectivity index (χ3v) is 6.55.